The van der Waals surface area contributed by atoms with E-state index >= 15 is 0 Å². The van der Waals surface area contributed by atoms with Crippen molar-refractivity contribution in [3.8, 4) is 0 Å². The smallest absolute Gasteiger partial charge is 0.333 e. The fraction of sp³-hybridized carbons (Fsp3) is 0.316. The van der Waals surface area contributed by atoms with Crippen LogP contribution in [0.5, 0.6) is 0 Å². The van der Waals surface area contributed by atoms with Gasteiger partial charge in [0, 0.05) is 0 Å². The Hall–Kier alpha value is -1.94. The molecule has 0 saturated carbocycles. The van der Waals surface area contributed by atoms with Crippen LogP contribution in [0.1, 0.15) is 30.4 Å². The van der Waals surface area contributed by atoms with Crippen molar-refractivity contribution in [1.29, 1.82) is 0 Å². The van der Waals surface area contributed by atoms with Crippen molar-refractivity contribution in [2.24, 2.45) is 0 Å². The normalized spacial score (nSPS) is 14.6. The molecule has 2 N–H and O–H groups in total. The number of unbranched alkanes of at least 4 members (excludes halogenated alkanes) is 1. The lowest BCUT2D eigenvalue weighted by molar-refractivity contribution is -0.145. The van der Waals surface area contributed by atoms with Crippen LogP contribution >= 0.6 is 7.60 Å². The molecular weight excluding hydrogens is 339 g/mol. The van der Waals surface area contributed by atoms with Crippen LogP contribution in [0.15, 0.2) is 60.7 Å². The zero-order valence-corrected chi connectivity index (χ0v) is 14.8. The van der Waals surface area contributed by atoms with Crippen LogP contribution in [0.4, 0.5) is 0 Å². The summed E-state index contributed by atoms with van der Waals surface area (Å²) in [7, 11) is -4.01. The van der Waals surface area contributed by atoms with Crippen LogP contribution in [-0.4, -0.2) is 22.1 Å². The maximum absolute atomic E-state index is 12.2. The molecule has 6 heteroatoms. The zero-order chi connectivity index (χ0) is 18.1. The van der Waals surface area contributed by atoms with Crippen LogP contribution in [-0.2, 0) is 26.5 Å². The molecule has 0 fully saturated rings. The summed E-state index contributed by atoms with van der Waals surface area (Å²) in [6.07, 6.45) is 0.996. The fourth-order valence-corrected chi connectivity index (χ4v) is 3.92. The average molecular weight is 362 g/mol. The lowest BCUT2D eigenvalue weighted by atomic mass is 10.1. The number of rotatable bonds is 10. The topological polar surface area (TPSA) is 83.8 Å². The molecule has 0 amide bonds. The number of carbonyl (C=O) groups is 1. The Morgan fingerprint density at radius 1 is 0.960 bits per heavy atom. The molecule has 0 aliphatic heterocycles. The number of aryl methyl sites for hydroxylation is 1. The van der Waals surface area contributed by atoms with Gasteiger partial charge < -0.3 is 10.00 Å². The van der Waals surface area contributed by atoms with E-state index in [0.717, 1.165) is 12.8 Å². The van der Waals surface area contributed by atoms with E-state index in [2.05, 4.69) is 0 Å². The summed E-state index contributed by atoms with van der Waals surface area (Å²) < 4.78 is 17.3. The molecule has 134 valence electrons. The van der Waals surface area contributed by atoms with Gasteiger partial charge in [0.05, 0.1) is 6.16 Å². The second-order valence-electron chi connectivity index (χ2n) is 5.94. The van der Waals surface area contributed by atoms with E-state index in [1.165, 1.54) is 5.56 Å². The first-order valence-electron chi connectivity index (χ1n) is 8.27. The molecule has 2 aromatic rings. The molecule has 0 heterocycles. The van der Waals surface area contributed by atoms with E-state index in [1.807, 2.05) is 30.3 Å². The molecule has 0 saturated heterocycles. The number of hydrogen-bond donors (Lipinski definition) is 2. The third-order valence-corrected chi connectivity index (χ3v) is 5.17. The summed E-state index contributed by atoms with van der Waals surface area (Å²) >= 11 is 0. The first kappa shape index (κ1) is 19.4. The zero-order valence-electron chi connectivity index (χ0n) is 14.0. The maximum Gasteiger partial charge on any atom is 0.333 e. The quantitative estimate of drug-likeness (QED) is 0.487. The second-order valence-corrected chi connectivity index (χ2v) is 7.75. The molecule has 25 heavy (non-hydrogen) atoms. The Bertz CT molecular complexity index is 702. The van der Waals surface area contributed by atoms with E-state index in [1.54, 1.807) is 30.3 Å². The third-order valence-electron chi connectivity index (χ3n) is 3.82. The first-order chi connectivity index (χ1) is 12.0. The van der Waals surface area contributed by atoms with Crippen molar-refractivity contribution >= 4 is 13.6 Å². The monoisotopic (exact) mass is 362 g/mol. The first-order valence-corrected chi connectivity index (χ1v) is 10.0. The average Bonchev–Trinajstić information content (AvgIpc) is 2.59. The van der Waals surface area contributed by atoms with Gasteiger partial charge in [-0.05, 0) is 36.8 Å². The van der Waals surface area contributed by atoms with Gasteiger partial charge in [0.2, 0.25) is 0 Å². The second kappa shape index (κ2) is 9.52. The number of carboxylic acids is 1. The van der Waals surface area contributed by atoms with Gasteiger partial charge in [0.15, 0.2) is 6.10 Å². The number of aliphatic carboxylic acids is 1. The summed E-state index contributed by atoms with van der Waals surface area (Å²) in [5.74, 6) is -1.21. The van der Waals surface area contributed by atoms with Crippen molar-refractivity contribution in [3.63, 3.8) is 0 Å². The van der Waals surface area contributed by atoms with E-state index in [4.69, 9.17) is 4.52 Å². The Morgan fingerprint density at radius 3 is 2.08 bits per heavy atom. The molecule has 0 bridgehead atoms. The van der Waals surface area contributed by atoms with Gasteiger partial charge >= 0.3 is 13.6 Å². The van der Waals surface area contributed by atoms with Crippen molar-refractivity contribution in [1.82, 2.24) is 0 Å². The van der Waals surface area contributed by atoms with Gasteiger partial charge in [0.25, 0.3) is 0 Å². The summed E-state index contributed by atoms with van der Waals surface area (Å²) in [6.45, 7) is 0. The summed E-state index contributed by atoms with van der Waals surface area (Å²) in [4.78, 5) is 21.3. The van der Waals surface area contributed by atoms with Crippen molar-refractivity contribution < 1.29 is 23.9 Å². The number of benzene rings is 2. The standard InChI is InChI=1S/C19H23O5P/c20-19(21)18(14-8-7-11-16-9-3-1-4-10-16)24-25(22,23)15-17-12-5-2-6-13-17/h1-6,9-10,12-13,18H,7-8,11,14-15H2,(H,20,21)(H,22,23). The predicted octanol–water partition coefficient (Wildman–Crippen LogP) is 4.25. The molecule has 2 aromatic carbocycles. The minimum absolute atomic E-state index is 0.193. The molecule has 0 aliphatic rings. The highest BCUT2D eigenvalue weighted by molar-refractivity contribution is 7.52. The Balaban J connectivity index is 1.83. The molecule has 0 aliphatic carbocycles. The van der Waals surface area contributed by atoms with Gasteiger partial charge in [-0.3, -0.25) is 9.09 Å². The van der Waals surface area contributed by atoms with E-state index in [-0.39, 0.29) is 12.6 Å². The maximum atomic E-state index is 12.2. The van der Waals surface area contributed by atoms with Crippen molar-refractivity contribution in [2.45, 2.75) is 37.9 Å². The summed E-state index contributed by atoms with van der Waals surface area (Å²) in [6, 6.07) is 18.7. The SMILES string of the molecule is O=C(O)C(CCCCc1ccccc1)OP(=O)(O)Cc1ccccc1. The van der Waals surface area contributed by atoms with E-state index in [0.29, 0.717) is 12.0 Å². The van der Waals surface area contributed by atoms with Crippen molar-refractivity contribution in [2.75, 3.05) is 0 Å². The highest BCUT2D eigenvalue weighted by atomic mass is 31.2. The van der Waals surface area contributed by atoms with E-state index < -0.39 is 19.7 Å². The Kier molecular flexibility index (Phi) is 7.38. The summed E-state index contributed by atoms with van der Waals surface area (Å²) in [5.41, 5.74) is 1.83. The molecular formula is C19H23O5P. The van der Waals surface area contributed by atoms with Gasteiger partial charge in [-0.1, -0.05) is 60.7 Å². The van der Waals surface area contributed by atoms with Gasteiger partial charge in [-0.15, -0.1) is 0 Å². The number of carboxylic acid groups (broad SMARTS) is 1. The highest BCUT2D eigenvalue weighted by Gasteiger charge is 2.29. The van der Waals surface area contributed by atoms with E-state index in [9.17, 15) is 19.4 Å². The summed E-state index contributed by atoms with van der Waals surface area (Å²) in [5, 5.41) is 9.26. The van der Waals surface area contributed by atoms with Gasteiger partial charge in [-0.25, -0.2) is 4.79 Å². The Labute approximate surface area is 147 Å². The lowest BCUT2D eigenvalue weighted by Crippen LogP contribution is -2.23. The molecule has 0 spiro atoms. The molecule has 2 unspecified atom stereocenters. The Morgan fingerprint density at radius 2 is 1.52 bits per heavy atom. The lowest BCUT2D eigenvalue weighted by Gasteiger charge is -2.18. The molecule has 5 nitrogen and oxygen atoms in total. The molecule has 2 atom stereocenters. The van der Waals surface area contributed by atoms with Crippen molar-refractivity contribution in [3.05, 3.63) is 71.8 Å². The minimum Gasteiger partial charge on any atom is -0.479 e. The van der Waals surface area contributed by atoms with Crippen LogP contribution in [0.25, 0.3) is 0 Å². The highest BCUT2D eigenvalue weighted by Crippen LogP contribution is 2.47. The van der Waals surface area contributed by atoms with Crippen LogP contribution in [0, 0.1) is 0 Å². The molecule has 2 rings (SSSR count). The minimum atomic E-state index is -4.01. The fourth-order valence-electron chi connectivity index (χ4n) is 2.58. The van der Waals surface area contributed by atoms with Gasteiger partial charge in [0.1, 0.15) is 0 Å². The predicted molar refractivity (Wildman–Crippen MR) is 96.5 cm³/mol. The largest absolute Gasteiger partial charge is 0.479 e. The van der Waals surface area contributed by atoms with Gasteiger partial charge in [-0.2, -0.15) is 0 Å². The van der Waals surface area contributed by atoms with Crippen LogP contribution in [0.3, 0.4) is 0 Å². The molecule has 0 aromatic heterocycles. The van der Waals surface area contributed by atoms with Crippen LogP contribution in [0.2, 0.25) is 0 Å². The third kappa shape index (κ3) is 7.22. The van der Waals surface area contributed by atoms with Crippen LogP contribution < -0.4 is 0 Å². The number of hydrogen-bond acceptors (Lipinski definition) is 3. The molecule has 0 radical (unpaired) electrons.